The molecule has 0 aliphatic rings. The zero-order valence-electron chi connectivity index (χ0n) is 6.72. The molecule has 0 aromatic rings. The van der Waals surface area contributed by atoms with Gasteiger partial charge >= 0.3 is 0 Å². The Balaban J connectivity index is 3.50. The van der Waals surface area contributed by atoms with Crippen molar-refractivity contribution in [3.05, 3.63) is 0 Å². The minimum atomic E-state index is 0.579. The summed E-state index contributed by atoms with van der Waals surface area (Å²) in [6.07, 6.45) is 1.15. The summed E-state index contributed by atoms with van der Waals surface area (Å²) in [6, 6.07) is 0.579. The quantitative estimate of drug-likeness (QED) is 0.606. The number of nitrogens with zero attached hydrogens (tertiary/aromatic N) is 1. The van der Waals surface area contributed by atoms with Gasteiger partial charge in [-0.2, -0.15) is 0 Å². The molecule has 0 radical (unpaired) electrons. The van der Waals surface area contributed by atoms with Crippen LogP contribution < -0.4 is 5.73 Å². The molecule has 2 heteroatoms. The molecule has 56 valence electrons. The molecule has 0 saturated heterocycles. The standard InChI is InChI=1S/C7H18N2/c1-4-7(6-8)9(3)5-2/h7H,4-6,8H2,1-3H3. The van der Waals surface area contributed by atoms with Crippen molar-refractivity contribution in [1.29, 1.82) is 0 Å². The maximum Gasteiger partial charge on any atom is 0.0212 e. The molecule has 0 amide bonds. The molecule has 0 heterocycles. The Kier molecular flexibility index (Phi) is 4.72. The van der Waals surface area contributed by atoms with Crippen LogP contribution in [0.4, 0.5) is 0 Å². The zero-order chi connectivity index (χ0) is 7.28. The van der Waals surface area contributed by atoms with Crippen LogP contribution >= 0.6 is 0 Å². The van der Waals surface area contributed by atoms with Crippen molar-refractivity contribution >= 4 is 0 Å². The zero-order valence-corrected chi connectivity index (χ0v) is 6.72. The Morgan fingerprint density at radius 3 is 2.11 bits per heavy atom. The third kappa shape index (κ3) is 2.82. The van der Waals surface area contributed by atoms with Gasteiger partial charge in [0.2, 0.25) is 0 Å². The highest BCUT2D eigenvalue weighted by molar-refractivity contribution is 4.65. The Bertz CT molecular complexity index is 59.9. The average Bonchev–Trinajstić information content (AvgIpc) is 1.90. The molecular formula is C7H18N2. The van der Waals surface area contributed by atoms with Crippen LogP contribution in [0.25, 0.3) is 0 Å². The monoisotopic (exact) mass is 130 g/mol. The van der Waals surface area contributed by atoms with Crippen LogP contribution in [0.1, 0.15) is 20.3 Å². The van der Waals surface area contributed by atoms with Crippen LogP contribution in [0.3, 0.4) is 0 Å². The van der Waals surface area contributed by atoms with E-state index in [1.165, 1.54) is 0 Å². The van der Waals surface area contributed by atoms with E-state index in [0.717, 1.165) is 19.5 Å². The van der Waals surface area contributed by atoms with Gasteiger partial charge in [0.15, 0.2) is 0 Å². The summed E-state index contributed by atoms with van der Waals surface area (Å²) in [5, 5.41) is 0. The molecule has 1 unspecified atom stereocenters. The van der Waals surface area contributed by atoms with E-state index in [2.05, 4.69) is 25.8 Å². The summed E-state index contributed by atoms with van der Waals surface area (Å²) in [6.45, 7) is 6.19. The Hall–Kier alpha value is -0.0800. The van der Waals surface area contributed by atoms with Gasteiger partial charge in [-0.25, -0.2) is 0 Å². The molecule has 1 atom stereocenters. The van der Waals surface area contributed by atoms with Gasteiger partial charge in [0.05, 0.1) is 0 Å². The third-order valence-electron chi connectivity index (χ3n) is 1.87. The maximum absolute atomic E-state index is 5.52. The van der Waals surface area contributed by atoms with Gasteiger partial charge in [0.1, 0.15) is 0 Å². The third-order valence-corrected chi connectivity index (χ3v) is 1.87. The van der Waals surface area contributed by atoms with Gasteiger partial charge in [-0.15, -0.1) is 0 Å². The lowest BCUT2D eigenvalue weighted by Gasteiger charge is -2.23. The fourth-order valence-corrected chi connectivity index (χ4v) is 0.916. The molecule has 2 nitrogen and oxygen atoms in total. The molecule has 0 aliphatic heterocycles. The van der Waals surface area contributed by atoms with Gasteiger partial charge in [0.25, 0.3) is 0 Å². The van der Waals surface area contributed by atoms with E-state index in [4.69, 9.17) is 5.73 Å². The van der Waals surface area contributed by atoms with Crippen molar-refractivity contribution in [1.82, 2.24) is 4.90 Å². The van der Waals surface area contributed by atoms with Crippen molar-refractivity contribution in [2.24, 2.45) is 5.73 Å². The Morgan fingerprint density at radius 1 is 1.44 bits per heavy atom. The Morgan fingerprint density at radius 2 is 2.00 bits per heavy atom. The molecule has 0 fully saturated rings. The highest BCUT2D eigenvalue weighted by atomic mass is 15.1. The minimum Gasteiger partial charge on any atom is -0.329 e. The van der Waals surface area contributed by atoms with E-state index in [1.54, 1.807) is 0 Å². The van der Waals surface area contributed by atoms with E-state index in [0.29, 0.717) is 6.04 Å². The second-order valence-corrected chi connectivity index (χ2v) is 2.37. The predicted octanol–water partition coefficient (Wildman–Crippen LogP) is 0.675. The van der Waals surface area contributed by atoms with Gasteiger partial charge in [-0.1, -0.05) is 13.8 Å². The molecular weight excluding hydrogens is 112 g/mol. The fraction of sp³-hybridized carbons (Fsp3) is 1.00. The molecule has 0 aromatic carbocycles. The molecule has 0 rings (SSSR count). The summed E-state index contributed by atoms with van der Waals surface area (Å²) >= 11 is 0. The molecule has 9 heavy (non-hydrogen) atoms. The summed E-state index contributed by atoms with van der Waals surface area (Å²) < 4.78 is 0. The van der Waals surface area contributed by atoms with Crippen LogP contribution in [0.15, 0.2) is 0 Å². The first kappa shape index (κ1) is 8.92. The lowest BCUT2D eigenvalue weighted by molar-refractivity contribution is 0.253. The lowest BCUT2D eigenvalue weighted by Crippen LogP contribution is -2.36. The van der Waals surface area contributed by atoms with E-state index in [9.17, 15) is 0 Å². The average molecular weight is 130 g/mol. The number of hydrogen-bond acceptors (Lipinski definition) is 2. The first-order chi connectivity index (χ1) is 4.26. The summed E-state index contributed by atoms with van der Waals surface area (Å²) in [7, 11) is 2.11. The minimum absolute atomic E-state index is 0.579. The number of rotatable bonds is 4. The second kappa shape index (κ2) is 4.77. The van der Waals surface area contributed by atoms with E-state index in [1.807, 2.05) is 0 Å². The number of nitrogens with two attached hydrogens (primary N) is 1. The second-order valence-electron chi connectivity index (χ2n) is 2.37. The smallest absolute Gasteiger partial charge is 0.0212 e. The fourth-order valence-electron chi connectivity index (χ4n) is 0.916. The van der Waals surface area contributed by atoms with Gasteiger partial charge < -0.3 is 10.6 Å². The molecule has 0 spiro atoms. The largest absolute Gasteiger partial charge is 0.329 e. The van der Waals surface area contributed by atoms with Crippen molar-refractivity contribution < 1.29 is 0 Å². The normalized spacial score (nSPS) is 14.3. The van der Waals surface area contributed by atoms with Gasteiger partial charge in [-0.3, -0.25) is 0 Å². The van der Waals surface area contributed by atoms with Crippen LogP contribution in [-0.2, 0) is 0 Å². The summed E-state index contributed by atoms with van der Waals surface area (Å²) in [5.41, 5.74) is 5.52. The van der Waals surface area contributed by atoms with Crippen molar-refractivity contribution in [2.45, 2.75) is 26.3 Å². The highest BCUT2D eigenvalue weighted by Gasteiger charge is 2.06. The van der Waals surface area contributed by atoms with Crippen LogP contribution in [0.5, 0.6) is 0 Å². The SMILES string of the molecule is CCC(CN)N(C)CC. The topological polar surface area (TPSA) is 29.3 Å². The van der Waals surface area contributed by atoms with Gasteiger partial charge in [0, 0.05) is 12.6 Å². The molecule has 0 saturated carbocycles. The van der Waals surface area contributed by atoms with Gasteiger partial charge in [-0.05, 0) is 20.0 Å². The van der Waals surface area contributed by atoms with Crippen LogP contribution in [0, 0.1) is 0 Å². The summed E-state index contributed by atoms with van der Waals surface area (Å²) in [5.74, 6) is 0. The van der Waals surface area contributed by atoms with Crippen LogP contribution in [0.2, 0.25) is 0 Å². The lowest BCUT2D eigenvalue weighted by atomic mass is 10.2. The summed E-state index contributed by atoms with van der Waals surface area (Å²) in [4.78, 5) is 2.28. The van der Waals surface area contributed by atoms with E-state index in [-0.39, 0.29) is 0 Å². The molecule has 0 aromatic heterocycles. The maximum atomic E-state index is 5.52. The molecule has 0 bridgehead atoms. The van der Waals surface area contributed by atoms with Crippen molar-refractivity contribution in [3.8, 4) is 0 Å². The highest BCUT2D eigenvalue weighted by Crippen LogP contribution is 1.97. The predicted molar refractivity (Wildman–Crippen MR) is 41.4 cm³/mol. The molecule has 2 N–H and O–H groups in total. The number of likely N-dealkylation sites (N-methyl/N-ethyl adjacent to an activating group) is 1. The molecule has 0 aliphatic carbocycles. The van der Waals surface area contributed by atoms with Crippen molar-refractivity contribution in [3.63, 3.8) is 0 Å². The van der Waals surface area contributed by atoms with E-state index < -0.39 is 0 Å². The first-order valence-electron chi connectivity index (χ1n) is 3.66. The Labute approximate surface area is 58.0 Å². The number of hydrogen-bond donors (Lipinski definition) is 1. The first-order valence-corrected chi connectivity index (χ1v) is 3.66. The van der Waals surface area contributed by atoms with Crippen molar-refractivity contribution in [2.75, 3.05) is 20.1 Å². The van der Waals surface area contributed by atoms with E-state index >= 15 is 0 Å². The van der Waals surface area contributed by atoms with Crippen LogP contribution in [-0.4, -0.2) is 31.1 Å².